The molecular weight excluding hydrogens is 324 g/mol. The molecule has 2 N–H and O–H groups in total. The van der Waals surface area contributed by atoms with E-state index in [1.807, 2.05) is 43.4 Å². The van der Waals surface area contributed by atoms with Crippen LogP contribution >= 0.6 is 0 Å². The van der Waals surface area contributed by atoms with E-state index in [1.165, 1.54) is 0 Å². The molecule has 0 unspecified atom stereocenters. The molecule has 0 radical (unpaired) electrons. The lowest BCUT2D eigenvalue weighted by molar-refractivity contribution is -0.131. The number of rotatable bonds is 5. The van der Waals surface area contributed by atoms with Crippen LogP contribution in [0.2, 0.25) is 0 Å². The average molecular weight is 350 g/mol. The quantitative estimate of drug-likeness (QED) is 0.710. The third-order valence-electron chi connectivity index (χ3n) is 4.45. The number of hydrogen-bond acceptors (Lipinski definition) is 3. The lowest BCUT2D eigenvalue weighted by Crippen LogP contribution is -2.28. The normalized spacial score (nSPS) is 11.3. The van der Waals surface area contributed by atoms with Gasteiger partial charge < -0.3 is 15.0 Å². The van der Waals surface area contributed by atoms with Gasteiger partial charge in [0.2, 0.25) is 5.91 Å². The molecule has 0 saturated heterocycles. The molecule has 0 saturated carbocycles. The predicted molar refractivity (Wildman–Crippen MR) is 106 cm³/mol. The SMILES string of the molecule is Cc1ccc2nc(-c3ccc(N)cc3)c(CN(C)C(=O)CC(C)C)n2c1. The first kappa shape index (κ1) is 18.0. The van der Waals surface area contributed by atoms with Crippen LogP contribution < -0.4 is 5.73 Å². The van der Waals surface area contributed by atoms with Gasteiger partial charge in [0.25, 0.3) is 0 Å². The standard InChI is InChI=1S/C21H26N4O/c1-14(2)11-20(26)24(4)13-18-21(16-6-8-17(22)9-7-16)23-19-10-5-15(3)12-25(18)19/h5-10,12,14H,11,13,22H2,1-4H3. The Morgan fingerprint density at radius 3 is 2.54 bits per heavy atom. The van der Waals surface area contributed by atoms with Crippen LogP contribution in [0, 0.1) is 12.8 Å². The van der Waals surface area contributed by atoms with Crippen molar-refractivity contribution in [2.45, 2.75) is 33.7 Å². The average Bonchev–Trinajstić information content (AvgIpc) is 2.93. The molecule has 0 bridgehead atoms. The van der Waals surface area contributed by atoms with Gasteiger partial charge in [-0.05, 0) is 36.6 Å². The van der Waals surface area contributed by atoms with Gasteiger partial charge in [-0.1, -0.05) is 32.0 Å². The van der Waals surface area contributed by atoms with Crippen molar-refractivity contribution < 1.29 is 4.79 Å². The van der Waals surface area contributed by atoms with E-state index in [9.17, 15) is 4.79 Å². The molecule has 2 heterocycles. The highest BCUT2D eigenvalue weighted by molar-refractivity contribution is 5.76. The molecule has 0 aliphatic heterocycles. The van der Waals surface area contributed by atoms with Gasteiger partial charge in [-0.25, -0.2) is 4.98 Å². The number of imidazole rings is 1. The van der Waals surface area contributed by atoms with Crippen LogP contribution in [0.25, 0.3) is 16.9 Å². The van der Waals surface area contributed by atoms with Crippen molar-refractivity contribution in [2.24, 2.45) is 5.92 Å². The number of hydrogen-bond donors (Lipinski definition) is 1. The molecule has 1 amide bonds. The van der Waals surface area contributed by atoms with Gasteiger partial charge >= 0.3 is 0 Å². The number of carbonyl (C=O) groups excluding carboxylic acids is 1. The predicted octanol–water partition coefficient (Wildman–Crippen LogP) is 3.90. The molecule has 5 nitrogen and oxygen atoms in total. The summed E-state index contributed by atoms with van der Waals surface area (Å²) in [5.74, 6) is 0.483. The Labute approximate surface area is 154 Å². The van der Waals surface area contributed by atoms with Crippen molar-refractivity contribution in [1.29, 1.82) is 0 Å². The summed E-state index contributed by atoms with van der Waals surface area (Å²) in [4.78, 5) is 19.1. The van der Waals surface area contributed by atoms with Crippen molar-refractivity contribution in [3.05, 3.63) is 53.9 Å². The van der Waals surface area contributed by atoms with E-state index in [-0.39, 0.29) is 5.91 Å². The lowest BCUT2D eigenvalue weighted by atomic mass is 10.1. The van der Waals surface area contributed by atoms with Crippen LogP contribution in [0.15, 0.2) is 42.6 Å². The van der Waals surface area contributed by atoms with Crippen molar-refractivity contribution in [2.75, 3.05) is 12.8 Å². The number of nitrogen functional groups attached to an aromatic ring is 1. The van der Waals surface area contributed by atoms with Crippen molar-refractivity contribution in [1.82, 2.24) is 14.3 Å². The first-order valence-corrected chi connectivity index (χ1v) is 8.92. The number of nitrogens with two attached hydrogens (primary N) is 1. The molecule has 5 heteroatoms. The third-order valence-corrected chi connectivity index (χ3v) is 4.45. The van der Waals surface area contributed by atoms with Gasteiger partial charge in [-0.2, -0.15) is 0 Å². The summed E-state index contributed by atoms with van der Waals surface area (Å²) in [6.07, 6.45) is 2.61. The molecule has 3 aromatic rings. The maximum atomic E-state index is 12.5. The van der Waals surface area contributed by atoms with Crippen LogP contribution in [0.4, 0.5) is 5.69 Å². The third kappa shape index (κ3) is 3.72. The zero-order chi connectivity index (χ0) is 18.8. The summed E-state index contributed by atoms with van der Waals surface area (Å²) >= 11 is 0. The fourth-order valence-electron chi connectivity index (χ4n) is 3.04. The first-order valence-electron chi connectivity index (χ1n) is 8.92. The molecule has 0 aliphatic carbocycles. The number of anilines is 1. The zero-order valence-electron chi connectivity index (χ0n) is 15.9. The Morgan fingerprint density at radius 1 is 1.19 bits per heavy atom. The topological polar surface area (TPSA) is 63.6 Å². The first-order chi connectivity index (χ1) is 12.3. The molecular formula is C21H26N4O. The van der Waals surface area contributed by atoms with Crippen LogP contribution in [0.5, 0.6) is 0 Å². The van der Waals surface area contributed by atoms with E-state index in [2.05, 4.69) is 31.4 Å². The number of fused-ring (bicyclic) bond motifs is 1. The molecule has 26 heavy (non-hydrogen) atoms. The van der Waals surface area contributed by atoms with Gasteiger partial charge in [0.15, 0.2) is 0 Å². The second-order valence-electron chi connectivity index (χ2n) is 7.31. The van der Waals surface area contributed by atoms with Crippen LogP contribution in [0.3, 0.4) is 0 Å². The molecule has 0 fully saturated rings. The molecule has 0 atom stereocenters. The monoisotopic (exact) mass is 350 g/mol. The highest BCUT2D eigenvalue weighted by atomic mass is 16.2. The summed E-state index contributed by atoms with van der Waals surface area (Å²) in [5.41, 5.74) is 11.5. The zero-order valence-corrected chi connectivity index (χ0v) is 15.9. The number of pyridine rings is 1. The van der Waals surface area contributed by atoms with Gasteiger partial charge in [0.1, 0.15) is 5.65 Å². The molecule has 1 aromatic carbocycles. The second kappa shape index (κ2) is 7.20. The molecule has 0 spiro atoms. The second-order valence-corrected chi connectivity index (χ2v) is 7.31. The number of nitrogens with zero attached hydrogens (tertiary/aromatic N) is 3. The van der Waals surface area contributed by atoms with E-state index in [0.29, 0.717) is 18.9 Å². The minimum absolute atomic E-state index is 0.144. The Balaban J connectivity index is 2.06. The number of aryl methyl sites for hydroxylation is 1. The van der Waals surface area contributed by atoms with E-state index in [0.717, 1.165) is 33.8 Å². The maximum Gasteiger partial charge on any atom is 0.222 e. The Kier molecular flexibility index (Phi) is 4.98. The largest absolute Gasteiger partial charge is 0.399 e. The molecule has 136 valence electrons. The Morgan fingerprint density at radius 2 is 1.88 bits per heavy atom. The Bertz CT molecular complexity index is 925. The number of benzene rings is 1. The van der Waals surface area contributed by atoms with E-state index in [4.69, 9.17) is 10.7 Å². The molecule has 2 aromatic heterocycles. The highest BCUT2D eigenvalue weighted by Crippen LogP contribution is 2.27. The molecule has 0 aliphatic rings. The summed E-state index contributed by atoms with van der Waals surface area (Å²) in [7, 11) is 1.85. The van der Waals surface area contributed by atoms with Crippen molar-refractivity contribution >= 4 is 17.2 Å². The summed E-state index contributed by atoms with van der Waals surface area (Å²) in [5, 5.41) is 0. The van der Waals surface area contributed by atoms with E-state index in [1.54, 1.807) is 4.90 Å². The van der Waals surface area contributed by atoms with Gasteiger partial charge in [0, 0.05) is 30.9 Å². The summed E-state index contributed by atoms with van der Waals surface area (Å²) in [6.45, 7) is 6.68. The molecule has 3 rings (SSSR count). The van der Waals surface area contributed by atoms with Gasteiger partial charge in [0.05, 0.1) is 17.9 Å². The number of carbonyl (C=O) groups is 1. The van der Waals surface area contributed by atoms with Gasteiger partial charge in [-0.3, -0.25) is 4.79 Å². The van der Waals surface area contributed by atoms with Crippen LogP contribution in [-0.4, -0.2) is 27.2 Å². The lowest BCUT2D eigenvalue weighted by Gasteiger charge is -2.19. The maximum absolute atomic E-state index is 12.5. The minimum atomic E-state index is 0.144. The van der Waals surface area contributed by atoms with Gasteiger partial charge in [-0.15, -0.1) is 0 Å². The minimum Gasteiger partial charge on any atom is -0.399 e. The number of aromatic nitrogens is 2. The summed E-state index contributed by atoms with van der Waals surface area (Å²) in [6, 6.07) is 11.8. The summed E-state index contributed by atoms with van der Waals surface area (Å²) < 4.78 is 2.08. The van der Waals surface area contributed by atoms with Crippen LogP contribution in [-0.2, 0) is 11.3 Å². The van der Waals surface area contributed by atoms with Crippen molar-refractivity contribution in [3.8, 4) is 11.3 Å². The van der Waals surface area contributed by atoms with E-state index >= 15 is 0 Å². The fraction of sp³-hybridized carbons (Fsp3) is 0.333. The Hall–Kier alpha value is -2.82. The smallest absolute Gasteiger partial charge is 0.222 e. The van der Waals surface area contributed by atoms with Crippen molar-refractivity contribution in [3.63, 3.8) is 0 Å². The van der Waals surface area contributed by atoms with E-state index < -0.39 is 0 Å². The number of amides is 1. The highest BCUT2D eigenvalue weighted by Gasteiger charge is 2.18. The van der Waals surface area contributed by atoms with Crippen LogP contribution in [0.1, 0.15) is 31.5 Å². The fourth-order valence-corrected chi connectivity index (χ4v) is 3.04.